The SMILES string of the molecule is Fc1cc(-n2ccc3cnc(Nc4ccc(OCC5CCOCC5)nc4)nc32)cc(F)c1CN1CCOCC1. The topological polar surface area (TPSA) is 86.6 Å². The number of benzene rings is 1. The van der Waals surface area contributed by atoms with E-state index < -0.39 is 11.6 Å². The minimum atomic E-state index is -0.587. The number of hydrogen-bond donors (Lipinski definition) is 1. The molecule has 1 aromatic carbocycles. The molecule has 0 atom stereocenters. The lowest BCUT2D eigenvalue weighted by Gasteiger charge is -2.27. The van der Waals surface area contributed by atoms with Crippen LogP contribution in [0.3, 0.4) is 0 Å². The molecule has 0 amide bonds. The largest absolute Gasteiger partial charge is 0.477 e. The molecule has 204 valence electrons. The molecule has 0 radical (unpaired) electrons. The van der Waals surface area contributed by atoms with Crippen LogP contribution in [0.15, 0.2) is 48.9 Å². The molecule has 0 saturated carbocycles. The summed E-state index contributed by atoms with van der Waals surface area (Å²) in [5.41, 5.74) is 1.62. The number of halogens is 2. The van der Waals surface area contributed by atoms with Crippen LogP contribution < -0.4 is 10.1 Å². The van der Waals surface area contributed by atoms with Crippen molar-refractivity contribution in [3.63, 3.8) is 0 Å². The molecule has 39 heavy (non-hydrogen) atoms. The molecule has 5 heterocycles. The summed E-state index contributed by atoms with van der Waals surface area (Å²) in [6.45, 7) is 4.82. The second kappa shape index (κ2) is 11.6. The Balaban J connectivity index is 1.16. The van der Waals surface area contributed by atoms with E-state index in [0.717, 1.165) is 31.4 Å². The Bertz CT molecular complexity index is 1400. The Kier molecular flexibility index (Phi) is 7.62. The summed E-state index contributed by atoms with van der Waals surface area (Å²) in [7, 11) is 0. The highest BCUT2D eigenvalue weighted by Crippen LogP contribution is 2.25. The quantitative estimate of drug-likeness (QED) is 0.353. The van der Waals surface area contributed by atoms with Gasteiger partial charge in [-0.2, -0.15) is 4.98 Å². The monoisotopic (exact) mass is 536 g/mol. The highest BCUT2D eigenvalue weighted by Gasteiger charge is 2.19. The zero-order valence-corrected chi connectivity index (χ0v) is 21.5. The van der Waals surface area contributed by atoms with Crippen LogP contribution in [0.5, 0.6) is 5.88 Å². The van der Waals surface area contributed by atoms with E-state index in [2.05, 4.69) is 20.3 Å². The van der Waals surface area contributed by atoms with E-state index in [1.165, 1.54) is 12.1 Å². The van der Waals surface area contributed by atoms with Crippen LogP contribution in [-0.4, -0.2) is 70.5 Å². The van der Waals surface area contributed by atoms with Gasteiger partial charge in [-0.3, -0.25) is 4.90 Å². The fourth-order valence-electron chi connectivity index (χ4n) is 4.83. The Hall–Kier alpha value is -3.67. The van der Waals surface area contributed by atoms with Crippen LogP contribution in [-0.2, 0) is 16.0 Å². The Morgan fingerprint density at radius 1 is 0.949 bits per heavy atom. The summed E-state index contributed by atoms with van der Waals surface area (Å²) in [6, 6.07) is 8.14. The lowest BCUT2D eigenvalue weighted by Crippen LogP contribution is -2.36. The summed E-state index contributed by atoms with van der Waals surface area (Å²) in [5.74, 6) is 0.202. The minimum Gasteiger partial charge on any atom is -0.477 e. The molecule has 2 fully saturated rings. The molecule has 2 saturated heterocycles. The number of nitrogens with zero attached hydrogens (tertiary/aromatic N) is 5. The first-order valence-electron chi connectivity index (χ1n) is 13.2. The number of ether oxygens (including phenoxy) is 3. The van der Waals surface area contributed by atoms with Gasteiger partial charge in [-0.15, -0.1) is 0 Å². The van der Waals surface area contributed by atoms with Gasteiger partial charge < -0.3 is 24.1 Å². The molecule has 0 spiro atoms. The van der Waals surface area contributed by atoms with Gasteiger partial charge in [-0.25, -0.2) is 18.7 Å². The fourth-order valence-corrected chi connectivity index (χ4v) is 4.83. The number of morpholine rings is 1. The molecule has 9 nitrogen and oxygen atoms in total. The highest BCUT2D eigenvalue weighted by molar-refractivity contribution is 5.78. The summed E-state index contributed by atoms with van der Waals surface area (Å²) in [5, 5.41) is 3.88. The predicted octanol–water partition coefficient (Wildman–Crippen LogP) is 4.47. The molecule has 3 aromatic heterocycles. The van der Waals surface area contributed by atoms with Gasteiger partial charge in [0.2, 0.25) is 11.8 Å². The van der Waals surface area contributed by atoms with Crippen molar-refractivity contribution in [3.05, 3.63) is 66.1 Å². The third-order valence-corrected chi connectivity index (χ3v) is 7.12. The van der Waals surface area contributed by atoms with E-state index in [0.29, 0.717) is 67.7 Å². The molecule has 11 heteroatoms. The second-order valence-corrected chi connectivity index (χ2v) is 9.81. The number of anilines is 2. The summed E-state index contributed by atoms with van der Waals surface area (Å²) in [6.07, 6.45) is 7.05. The van der Waals surface area contributed by atoms with Crippen molar-refractivity contribution in [3.8, 4) is 11.6 Å². The number of hydrogen-bond acceptors (Lipinski definition) is 8. The van der Waals surface area contributed by atoms with Crippen molar-refractivity contribution < 1.29 is 23.0 Å². The molecule has 0 bridgehead atoms. The zero-order chi connectivity index (χ0) is 26.6. The van der Waals surface area contributed by atoms with Gasteiger partial charge in [-0.05, 0) is 43.0 Å². The number of nitrogens with one attached hydrogen (secondary N) is 1. The van der Waals surface area contributed by atoms with Crippen LogP contribution in [0, 0.1) is 17.6 Å². The molecule has 6 rings (SSSR count). The molecule has 1 N–H and O–H groups in total. The van der Waals surface area contributed by atoms with E-state index in [1.807, 2.05) is 17.0 Å². The summed E-state index contributed by atoms with van der Waals surface area (Å²) in [4.78, 5) is 15.3. The Morgan fingerprint density at radius 3 is 2.46 bits per heavy atom. The van der Waals surface area contributed by atoms with Gasteiger partial charge in [0, 0.05) is 62.3 Å². The number of aromatic nitrogens is 4. The first kappa shape index (κ1) is 25.6. The first-order valence-corrected chi connectivity index (χ1v) is 13.2. The van der Waals surface area contributed by atoms with Crippen molar-refractivity contribution >= 4 is 22.7 Å². The molecule has 0 aliphatic carbocycles. The minimum absolute atomic E-state index is 0.0572. The van der Waals surface area contributed by atoms with E-state index in [9.17, 15) is 0 Å². The van der Waals surface area contributed by atoms with Crippen molar-refractivity contribution in [2.45, 2.75) is 19.4 Å². The third kappa shape index (κ3) is 6.00. The Morgan fingerprint density at radius 2 is 1.72 bits per heavy atom. The van der Waals surface area contributed by atoms with Crippen LogP contribution in [0.4, 0.5) is 20.4 Å². The number of pyridine rings is 1. The molecule has 2 aliphatic rings. The van der Waals surface area contributed by atoms with Gasteiger partial charge in [-0.1, -0.05) is 0 Å². The standard InChI is InChI=1S/C28H30F2N6O3/c29-24-13-22(14-25(30)23(24)17-35-7-11-38-12-8-35)36-6-3-20-15-32-28(34-27(20)36)33-21-1-2-26(31-16-21)39-18-19-4-9-37-10-5-19/h1-3,6,13-16,19H,4-5,7-12,17-18H2,(H,32,33,34). The van der Waals surface area contributed by atoms with Gasteiger partial charge >= 0.3 is 0 Å². The van der Waals surface area contributed by atoms with Crippen molar-refractivity contribution in [1.82, 2.24) is 24.4 Å². The zero-order valence-electron chi connectivity index (χ0n) is 21.5. The van der Waals surface area contributed by atoms with Crippen LogP contribution in [0.1, 0.15) is 18.4 Å². The maximum atomic E-state index is 15.0. The number of fused-ring (bicyclic) bond motifs is 1. The molecule has 0 unspecified atom stereocenters. The van der Waals surface area contributed by atoms with Gasteiger partial charge in [0.1, 0.15) is 17.3 Å². The van der Waals surface area contributed by atoms with E-state index in [4.69, 9.17) is 14.2 Å². The average molecular weight is 537 g/mol. The smallest absolute Gasteiger partial charge is 0.229 e. The summed E-state index contributed by atoms with van der Waals surface area (Å²) < 4.78 is 48.3. The molecular weight excluding hydrogens is 506 g/mol. The van der Waals surface area contributed by atoms with E-state index in [1.54, 1.807) is 29.2 Å². The van der Waals surface area contributed by atoms with Crippen molar-refractivity contribution in [1.29, 1.82) is 0 Å². The van der Waals surface area contributed by atoms with E-state index >= 15 is 8.78 Å². The summed E-state index contributed by atoms with van der Waals surface area (Å²) >= 11 is 0. The molecule has 2 aliphatic heterocycles. The lowest BCUT2D eigenvalue weighted by atomic mass is 10.0. The molecule has 4 aromatic rings. The van der Waals surface area contributed by atoms with Crippen LogP contribution in [0.2, 0.25) is 0 Å². The number of rotatable bonds is 8. The average Bonchev–Trinajstić information content (AvgIpc) is 3.39. The van der Waals surface area contributed by atoms with Gasteiger partial charge in [0.05, 0.1) is 37.4 Å². The van der Waals surface area contributed by atoms with Crippen LogP contribution >= 0.6 is 0 Å². The van der Waals surface area contributed by atoms with Crippen molar-refractivity contribution in [2.75, 3.05) is 51.4 Å². The highest BCUT2D eigenvalue weighted by atomic mass is 19.1. The first-order chi connectivity index (χ1) is 19.1. The maximum Gasteiger partial charge on any atom is 0.229 e. The lowest BCUT2D eigenvalue weighted by molar-refractivity contribution is 0.0332. The normalized spacial score (nSPS) is 17.0. The van der Waals surface area contributed by atoms with Crippen LogP contribution in [0.25, 0.3) is 16.7 Å². The Labute approximate surface area is 224 Å². The molecular formula is C28H30F2N6O3. The maximum absolute atomic E-state index is 15.0. The second-order valence-electron chi connectivity index (χ2n) is 9.81. The van der Waals surface area contributed by atoms with Crippen molar-refractivity contribution in [2.24, 2.45) is 5.92 Å². The predicted molar refractivity (Wildman–Crippen MR) is 141 cm³/mol. The van der Waals surface area contributed by atoms with Gasteiger partial charge in [0.15, 0.2) is 0 Å². The van der Waals surface area contributed by atoms with E-state index in [-0.39, 0.29) is 12.1 Å². The van der Waals surface area contributed by atoms with Gasteiger partial charge in [0.25, 0.3) is 0 Å². The third-order valence-electron chi connectivity index (χ3n) is 7.12. The fraction of sp³-hybridized carbons (Fsp3) is 0.393.